The molecular formula is C20H19N3O4. The molecule has 0 saturated carbocycles. The zero-order valence-electron chi connectivity index (χ0n) is 14.6. The number of hydrogen-bond acceptors (Lipinski definition) is 4. The van der Waals surface area contributed by atoms with Gasteiger partial charge in [-0.25, -0.2) is 4.79 Å². The molecule has 138 valence electrons. The standard InChI is InChI=1S/C20H19N3O4/c24-18(13-23-16-8-4-5-9-17(16)27-20(23)26)21-15-10-19(25)22(12-15)11-14-6-2-1-3-7-14/h1-9,15H,10-13H2,(H,21,24)/t15-/m1/s1. The average Bonchev–Trinajstić information content (AvgIpc) is 3.15. The van der Waals surface area contributed by atoms with Gasteiger partial charge in [-0.2, -0.15) is 0 Å². The second-order valence-corrected chi connectivity index (χ2v) is 6.65. The maximum atomic E-state index is 12.4. The first kappa shape index (κ1) is 17.1. The molecule has 1 aliphatic rings. The Kier molecular flexibility index (Phi) is 4.50. The number of nitrogens with one attached hydrogen (secondary N) is 1. The Labute approximate surface area is 155 Å². The highest BCUT2D eigenvalue weighted by Crippen LogP contribution is 2.15. The van der Waals surface area contributed by atoms with Crippen molar-refractivity contribution in [2.24, 2.45) is 0 Å². The van der Waals surface area contributed by atoms with Crippen molar-refractivity contribution in [1.29, 1.82) is 0 Å². The van der Waals surface area contributed by atoms with E-state index >= 15 is 0 Å². The van der Waals surface area contributed by atoms with Gasteiger partial charge in [0.2, 0.25) is 11.8 Å². The number of para-hydroxylation sites is 2. The van der Waals surface area contributed by atoms with Gasteiger partial charge in [-0.1, -0.05) is 42.5 Å². The highest BCUT2D eigenvalue weighted by atomic mass is 16.4. The maximum absolute atomic E-state index is 12.4. The zero-order valence-corrected chi connectivity index (χ0v) is 14.6. The Balaban J connectivity index is 1.39. The van der Waals surface area contributed by atoms with Crippen LogP contribution in [0.2, 0.25) is 0 Å². The second kappa shape index (κ2) is 7.11. The van der Waals surface area contributed by atoms with Crippen LogP contribution >= 0.6 is 0 Å². The second-order valence-electron chi connectivity index (χ2n) is 6.65. The van der Waals surface area contributed by atoms with Crippen LogP contribution in [0, 0.1) is 0 Å². The molecule has 2 heterocycles. The van der Waals surface area contributed by atoms with E-state index in [0.717, 1.165) is 5.56 Å². The van der Waals surface area contributed by atoms with Crippen LogP contribution in [0.15, 0.2) is 63.8 Å². The maximum Gasteiger partial charge on any atom is 0.420 e. The third-order valence-electron chi connectivity index (χ3n) is 4.67. The minimum atomic E-state index is -0.570. The summed E-state index contributed by atoms with van der Waals surface area (Å²) >= 11 is 0. The van der Waals surface area contributed by atoms with Crippen molar-refractivity contribution in [3.63, 3.8) is 0 Å². The SMILES string of the molecule is O=C(Cn1c(=O)oc2ccccc21)N[C@@H]1CC(=O)N(Cc2ccccc2)C1. The van der Waals surface area contributed by atoms with E-state index < -0.39 is 5.76 Å². The molecule has 1 N–H and O–H groups in total. The molecule has 2 aromatic carbocycles. The lowest BCUT2D eigenvalue weighted by atomic mass is 10.2. The quantitative estimate of drug-likeness (QED) is 0.743. The average molecular weight is 365 g/mol. The fraction of sp³-hybridized carbons (Fsp3) is 0.250. The van der Waals surface area contributed by atoms with E-state index in [1.807, 2.05) is 30.3 Å². The van der Waals surface area contributed by atoms with Gasteiger partial charge in [-0.05, 0) is 17.7 Å². The summed E-state index contributed by atoms with van der Waals surface area (Å²) < 4.78 is 6.43. The molecule has 0 spiro atoms. The molecule has 1 fully saturated rings. The summed E-state index contributed by atoms with van der Waals surface area (Å²) in [7, 11) is 0. The Bertz CT molecular complexity index is 1040. The number of carbonyl (C=O) groups is 2. The first-order valence-electron chi connectivity index (χ1n) is 8.79. The molecule has 2 amide bonds. The summed E-state index contributed by atoms with van der Waals surface area (Å²) in [5, 5.41) is 2.85. The first-order chi connectivity index (χ1) is 13.1. The van der Waals surface area contributed by atoms with Crippen molar-refractivity contribution in [1.82, 2.24) is 14.8 Å². The third-order valence-corrected chi connectivity index (χ3v) is 4.67. The normalized spacial score (nSPS) is 16.8. The van der Waals surface area contributed by atoms with Crippen molar-refractivity contribution in [2.75, 3.05) is 6.54 Å². The molecule has 1 aliphatic heterocycles. The van der Waals surface area contributed by atoms with Gasteiger partial charge in [0.05, 0.1) is 11.6 Å². The monoisotopic (exact) mass is 365 g/mol. The van der Waals surface area contributed by atoms with Gasteiger partial charge in [0, 0.05) is 19.5 Å². The summed E-state index contributed by atoms with van der Waals surface area (Å²) in [6, 6.07) is 16.4. The number of hydrogen-bond donors (Lipinski definition) is 1. The topological polar surface area (TPSA) is 84.5 Å². The number of rotatable bonds is 5. The van der Waals surface area contributed by atoms with E-state index in [-0.39, 0.29) is 30.8 Å². The smallest absolute Gasteiger partial charge is 0.408 e. The highest BCUT2D eigenvalue weighted by Gasteiger charge is 2.30. The van der Waals surface area contributed by atoms with Crippen molar-refractivity contribution < 1.29 is 14.0 Å². The van der Waals surface area contributed by atoms with E-state index in [4.69, 9.17) is 4.42 Å². The molecule has 3 aromatic rings. The molecule has 1 aromatic heterocycles. The molecule has 27 heavy (non-hydrogen) atoms. The lowest BCUT2D eigenvalue weighted by Gasteiger charge is -2.17. The van der Waals surface area contributed by atoms with Crippen molar-refractivity contribution in [2.45, 2.75) is 25.6 Å². The number of fused-ring (bicyclic) bond motifs is 1. The molecule has 7 heteroatoms. The Morgan fingerprint density at radius 2 is 1.81 bits per heavy atom. The molecule has 1 saturated heterocycles. The number of aromatic nitrogens is 1. The van der Waals surface area contributed by atoms with E-state index in [9.17, 15) is 14.4 Å². The number of oxazole rings is 1. The molecule has 4 rings (SSSR count). The summed E-state index contributed by atoms with van der Waals surface area (Å²) in [5.41, 5.74) is 2.07. The van der Waals surface area contributed by atoms with Gasteiger partial charge < -0.3 is 14.6 Å². The minimum absolute atomic E-state index is 0.00933. The van der Waals surface area contributed by atoms with E-state index in [1.54, 1.807) is 29.2 Å². The van der Waals surface area contributed by atoms with Gasteiger partial charge in [0.15, 0.2) is 5.58 Å². The van der Waals surface area contributed by atoms with Crippen molar-refractivity contribution in [3.8, 4) is 0 Å². The number of nitrogens with zero attached hydrogens (tertiary/aromatic N) is 2. The van der Waals surface area contributed by atoms with Gasteiger partial charge >= 0.3 is 5.76 Å². The van der Waals surface area contributed by atoms with Crippen LogP contribution in [0.4, 0.5) is 0 Å². The van der Waals surface area contributed by atoms with Gasteiger partial charge in [0.25, 0.3) is 0 Å². The van der Waals surface area contributed by atoms with Crippen molar-refractivity contribution >= 4 is 22.9 Å². The summed E-state index contributed by atoms with van der Waals surface area (Å²) in [5.74, 6) is -0.877. The summed E-state index contributed by atoms with van der Waals surface area (Å²) in [6.45, 7) is 0.845. The summed E-state index contributed by atoms with van der Waals surface area (Å²) in [6.07, 6.45) is 0.263. The number of amides is 2. The molecule has 0 aliphatic carbocycles. The van der Waals surface area contributed by atoms with Crippen LogP contribution in [-0.2, 0) is 22.7 Å². The van der Waals surface area contributed by atoms with E-state index in [1.165, 1.54) is 4.57 Å². The molecule has 0 radical (unpaired) electrons. The first-order valence-corrected chi connectivity index (χ1v) is 8.79. The third kappa shape index (κ3) is 3.62. The fourth-order valence-corrected chi connectivity index (χ4v) is 3.41. The Morgan fingerprint density at radius 1 is 1.07 bits per heavy atom. The fourth-order valence-electron chi connectivity index (χ4n) is 3.41. The minimum Gasteiger partial charge on any atom is -0.408 e. The lowest BCUT2D eigenvalue weighted by molar-refractivity contribution is -0.128. The van der Waals surface area contributed by atoms with E-state index in [2.05, 4.69) is 5.32 Å². The van der Waals surface area contributed by atoms with Gasteiger partial charge in [-0.3, -0.25) is 14.2 Å². The van der Waals surface area contributed by atoms with Gasteiger partial charge in [-0.15, -0.1) is 0 Å². The van der Waals surface area contributed by atoms with Crippen LogP contribution in [0.25, 0.3) is 11.1 Å². The summed E-state index contributed by atoms with van der Waals surface area (Å²) in [4.78, 5) is 38.3. The largest absolute Gasteiger partial charge is 0.420 e. The van der Waals surface area contributed by atoms with Crippen LogP contribution in [0.5, 0.6) is 0 Å². The lowest BCUT2D eigenvalue weighted by Crippen LogP contribution is -2.39. The van der Waals surface area contributed by atoms with Crippen LogP contribution in [0.1, 0.15) is 12.0 Å². The van der Waals surface area contributed by atoms with Crippen LogP contribution in [-0.4, -0.2) is 33.9 Å². The molecule has 7 nitrogen and oxygen atoms in total. The van der Waals surface area contributed by atoms with Crippen molar-refractivity contribution in [3.05, 3.63) is 70.7 Å². The van der Waals surface area contributed by atoms with Crippen LogP contribution < -0.4 is 11.1 Å². The Hall–Kier alpha value is -3.35. The number of benzene rings is 2. The molecule has 0 unspecified atom stereocenters. The van der Waals surface area contributed by atoms with E-state index in [0.29, 0.717) is 24.2 Å². The predicted molar refractivity (Wildman–Crippen MR) is 98.9 cm³/mol. The molecular weight excluding hydrogens is 346 g/mol. The molecule has 0 bridgehead atoms. The van der Waals surface area contributed by atoms with Crippen LogP contribution in [0.3, 0.4) is 0 Å². The highest BCUT2D eigenvalue weighted by molar-refractivity contribution is 5.83. The Morgan fingerprint density at radius 3 is 2.63 bits per heavy atom. The number of carbonyl (C=O) groups excluding carboxylic acids is 2. The predicted octanol–water partition coefficient (Wildman–Crippen LogP) is 1.51. The van der Waals surface area contributed by atoms with Gasteiger partial charge in [0.1, 0.15) is 6.54 Å². The number of likely N-dealkylation sites (tertiary alicyclic amines) is 1. The zero-order chi connectivity index (χ0) is 18.8. The molecule has 1 atom stereocenters.